The Kier molecular flexibility index (Phi) is 3.66. The second kappa shape index (κ2) is 4.81. The van der Waals surface area contributed by atoms with Crippen LogP contribution in [0.4, 0.5) is 17.6 Å². The van der Waals surface area contributed by atoms with E-state index in [2.05, 4.69) is 9.99 Å². The molecule has 0 amide bonds. The summed E-state index contributed by atoms with van der Waals surface area (Å²) in [6.07, 6.45) is -5.15. The van der Waals surface area contributed by atoms with Gasteiger partial charge < -0.3 is 10.6 Å². The molecular weight excluding hydrogens is 244 g/mol. The van der Waals surface area contributed by atoms with Gasteiger partial charge >= 0.3 is 12.1 Å². The van der Waals surface area contributed by atoms with Crippen molar-refractivity contribution in [3.8, 4) is 0 Å². The van der Waals surface area contributed by atoms with Gasteiger partial charge in [0.2, 0.25) is 0 Å². The van der Waals surface area contributed by atoms with Crippen LogP contribution in [0.2, 0.25) is 0 Å². The van der Waals surface area contributed by atoms with Crippen LogP contribution in [0.15, 0.2) is 29.4 Å². The number of amidine groups is 1. The summed E-state index contributed by atoms with van der Waals surface area (Å²) in [5.74, 6) is -3.50. The summed E-state index contributed by atoms with van der Waals surface area (Å²) >= 11 is 0. The molecule has 0 unspecified atom stereocenters. The zero-order valence-electron chi connectivity index (χ0n) is 8.16. The molecule has 0 aliphatic rings. The highest BCUT2D eigenvalue weighted by atomic mass is 19.4. The van der Waals surface area contributed by atoms with E-state index in [0.29, 0.717) is 0 Å². The van der Waals surface area contributed by atoms with Gasteiger partial charge in [0.15, 0.2) is 5.84 Å². The highest BCUT2D eigenvalue weighted by Gasteiger charge is 2.41. The molecule has 0 spiro atoms. The normalized spacial score (nSPS) is 12.4. The average molecular weight is 250 g/mol. The molecule has 0 radical (unpaired) electrons. The molecule has 0 bridgehead atoms. The SMILES string of the molecule is N/C(=N\OC(=O)C(F)(F)F)c1ccc(F)cc1. The number of nitrogens with zero attached hydrogens (tertiary/aromatic N) is 1. The predicted molar refractivity (Wildman–Crippen MR) is 49.3 cm³/mol. The summed E-state index contributed by atoms with van der Waals surface area (Å²) in [6.45, 7) is 0. The fraction of sp³-hybridized carbons (Fsp3) is 0.111. The zero-order chi connectivity index (χ0) is 13.1. The third-order valence-corrected chi connectivity index (χ3v) is 1.60. The molecule has 1 rings (SSSR count). The van der Waals surface area contributed by atoms with Crippen molar-refractivity contribution in [2.24, 2.45) is 10.9 Å². The Morgan fingerprint density at radius 3 is 2.24 bits per heavy atom. The minimum Gasteiger partial charge on any atom is -0.380 e. The molecule has 92 valence electrons. The Balaban J connectivity index is 2.74. The first-order chi connectivity index (χ1) is 7.80. The molecule has 0 atom stereocenters. The van der Waals surface area contributed by atoms with Crippen LogP contribution >= 0.6 is 0 Å². The van der Waals surface area contributed by atoms with Gasteiger partial charge in [-0.25, -0.2) is 9.18 Å². The summed E-state index contributed by atoms with van der Waals surface area (Å²) in [5, 5.41) is 2.79. The molecule has 1 aromatic rings. The third-order valence-electron chi connectivity index (χ3n) is 1.60. The molecule has 0 fully saturated rings. The minimum atomic E-state index is -5.15. The lowest BCUT2D eigenvalue weighted by Crippen LogP contribution is -2.25. The predicted octanol–water partition coefficient (Wildman–Crippen LogP) is 1.55. The number of hydrogen-bond acceptors (Lipinski definition) is 3. The fourth-order valence-electron chi connectivity index (χ4n) is 0.816. The number of halogens is 4. The number of nitrogens with two attached hydrogens (primary N) is 1. The Hall–Kier alpha value is -2.12. The van der Waals surface area contributed by atoms with Gasteiger partial charge in [-0.1, -0.05) is 5.16 Å². The highest BCUT2D eigenvalue weighted by Crippen LogP contribution is 2.16. The first kappa shape index (κ1) is 12.9. The van der Waals surface area contributed by atoms with Crippen molar-refractivity contribution in [2.75, 3.05) is 0 Å². The summed E-state index contributed by atoms with van der Waals surface area (Å²) in [6, 6.07) is 4.41. The van der Waals surface area contributed by atoms with E-state index in [9.17, 15) is 22.4 Å². The second-order valence-corrected chi connectivity index (χ2v) is 2.86. The maximum absolute atomic E-state index is 12.5. The van der Waals surface area contributed by atoms with Crippen LogP contribution in [0, 0.1) is 5.82 Å². The molecule has 1 aromatic carbocycles. The van der Waals surface area contributed by atoms with Gasteiger partial charge in [-0.3, -0.25) is 0 Å². The molecule has 0 aliphatic carbocycles. The number of alkyl halides is 3. The van der Waals surface area contributed by atoms with E-state index >= 15 is 0 Å². The molecule has 0 heterocycles. The maximum atomic E-state index is 12.5. The largest absolute Gasteiger partial charge is 0.493 e. The first-order valence-electron chi connectivity index (χ1n) is 4.18. The van der Waals surface area contributed by atoms with Crippen molar-refractivity contribution in [1.29, 1.82) is 0 Å². The summed E-state index contributed by atoms with van der Waals surface area (Å²) in [5.41, 5.74) is 5.35. The third kappa shape index (κ3) is 3.74. The molecule has 0 saturated heterocycles. The maximum Gasteiger partial charge on any atom is 0.493 e. The van der Waals surface area contributed by atoms with E-state index < -0.39 is 23.8 Å². The minimum absolute atomic E-state index is 0.126. The van der Waals surface area contributed by atoms with Gasteiger partial charge in [0, 0.05) is 5.56 Å². The summed E-state index contributed by atoms with van der Waals surface area (Å²) in [4.78, 5) is 13.8. The number of carbonyl (C=O) groups is 1. The Morgan fingerprint density at radius 1 is 1.24 bits per heavy atom. The van der Waals surface area contributed by atoms with E-state index in [4.69, 9.17) is 5.73 Å². The lowest BCUT2D eigenvalue weighted by Gasteiger charge is -2.03. The molecule has 17 heavy (non-hydrogen) atoms. The summed E-state index contributed by atoms with van der Waals surface area (Å²) < 4.78 is 47.7. The number of hydrogen-bond donors (Lipinski definition) is 1. The van der Waals surface area contributed by atoms with Crippen LogP contribution in [0.25, 0.3) is 0 Å². The van der Waals surface area contributed by atoms with Gasteiger partial charge in [-0.05, 0) is 24.3 Å². The zero-order valence-corrected chi connectivity index (χ0v) is 8.16. The lowest BCUT2D eigenvalue weighted by molar-refractivity contribution is -0.199. The van der Waals surface area contributed by atoms with Gasteiger partial charge in [0.05, 0.1) is 0 Å². The summed E-state index contributed by atoms with van der Waals surface area (Å²) in [7, 11) is 0. The monoisotopic (exact) mass is 250 g/mol. The van der Waals surface area contributed by atoms with Crippen LogP contribution < -0.4 is 5.73 Å². The number of benzene rings is 1. The van der Waals surface area contributed by atoms with E-state index in [0.717, 1.165) is 12.1 Å². The van der Waals surface area contributed by atoms with E-state index in [1.165, 1.54) is 12.1 Å². The molecule has 4 nitrogen and oxygen atoms in total. The Morgan fingerprint density at radius 2 is 1.76 bits per heavy atom. The highest BCUT2D eigenvalue weighted by molar-refractivity contribution is 5.97. The van der Waals surface area contributed by atoms with Crippen molar-refractivity contribution < 1.29 is 27.2 Å². The van der Waals surface area contributed by atoms with Gasteiger partial charge in [0.1, 0.15) is 5.82 Å². The quantitative estimate of drug-likeness (QED) is 0.285. The first-order valence-corrected chi connectivity index (χ1v) is 4.18. The molecule has 0 aromatic heterocycles. The number of rotatable bonds is 2. The van der Waals surface area contributed by atoms with Gasteiger partial charge in [-0.15, -0.1) is 0 Å². The molecular formula is C9H6F4N2O2. The van der Waals surface area contributed by atoms with Crippen LogP contribution in [-0.2, 0) is 9.63 Å². The number of carbonyl (C=O) groups excluding carboxylic acids is 1. The fourth-order valence-corrected chi connectivity index (χ4v) is 0.816. The number of oxime groups is 1. The molecule has 0 aliphatic heterocycles. The molecule has 0 saturated carbocycles. The smallest absolute Gasteiger partial charge is 0.380 e. The molecule has 8 heteroatoms. The second-order valence-electron chi connectivity index (χ2n) is 2.86. The van der Waals surface area contributed by atoms with Crippen molar-refractivity contribution in [2.45, 2.75) is 6.18 Å². The van der Waals surface area contributed by atoms with Crippen molar-refractivity contribution >= 4 is 11.8 Å². The van der Waals surface area contributed by atoms with Gasteiger partial charge in [-0.2, -0.15) is 13.2 Å². The van der Waals surface area contributed by atoms with Gasteiger partial charge in [0.25, 0.3) is 0 Å². The van der Waals surface area contributed by atoms with Crippen molar-refractivity contribution in [3.63, 3.8) is 0 Å². The van der Waals surface area contributed by atoms with Crippen molar-refractivity contribution in [3.05, 3.63) is 35.6 Å². The van der Waals surface area contributed by atoms with Crippen LogP contribution in [-0.4, -0.2) is 18.0 Å². The Labute approximate surface area is 92.7 Å². The van der Waals surface area contributed by atoms with E-state index in [1.54, 1.807) is 0 Å². The van der Waals surface area contributed by atoms with E-state index in [-0.39, 0.29) is 5.56 Å². The lowest BCUT2D eigenvalue weighted by atomic mass is 10.2. The Bertz CT molecular complexity index is 439. The van der Waals surface area contributed by atoms with Crippen LogP contribution in [0.3, 0.4) is 0 Å². The van der Waals surface area contributed by atoms with E-state index in [1.807, 2.05) is 0 Å². The molecule has 2 N–H and O–H groups in total. The standard InChI is InChI=1S/C9H6F4N2O2/c10-6-3-1-5(2-4-6)7(14)15-17-8(16)9(11,12)13/h1-4H,(H2,14,15). The van der Waals surface area contributed by atoms with Crippen molar-refractivity contribution in [1.82, 2.24) is 0 Å². The van der Waals surface area contributed by atoms with Crippen LogP contribution in [0.5, 0.6) is 0 Å². The topological polar surface area (TPSA) is 64.7 Å². The average Bonchev–Trinajstić information content (AvgIpc) is 2.25. The van der Waals surface area contributed by atoms with Crippen LogP contribution in [0.1, 0.15) is 5.56 Å².